The molecular formula is C10H9F6NO4. The Hall–Kier alpha value is -2.33. The molecule has 0 amide bonds. The fraction of sp³-hybridized carbons (Fsp3) is 0.300. The molecule has 5 nitrogen and oxygen atoms in total. The Labute approximate surface area is 113 Å². The number of phenols is 2. The summed E-state index contributed by atoms with van der Waals surface area (Å²) in [7, 11) is 0. The van der Waals surface area contributed by atoms with Crippen LogP contribution >= 0.6 is 0 Å². The minimum absolute atomic E-state index is 0.250. The Morgan fingerprint density at radius 2 is 1.48 bits per heavy atom. The van der Waals surface area contributed by atoms with E-state index in [2.05, 4.69) is 0 Å². The van der Waals surface area contributed by atoms with Gasteiger partial charge in [-0.05, 0) is 6.07 Å². The maximum atomic E-state index is 10.8. The van der Waals surface area contributed by atoms with E-state index in [0.717, 1.165) is 12.1 Å². The largest absolute Gasteiger partial charge is 0.508 e. The van der Waals surface area contributed by atoms with Crippen LogP contribution in [0.4, 0.5) is 32.0 Å². The molecule has 1 rings (SSSR count). The van der Waals surface area contributed by atoms with E-state index in [1.807, 2.05) is 0 Å². The minimum atomic E-state index is -5.14. The summed E-state index contributed by atoms with van der Waals surface area (Å²) in [5, 5.41) is 26.4. The molecule has 1 aromatic rings. The van der Waals surface area contributed by atoms with Gasteiger partial charge in [0.2, 0.25) is 0 Å². The SMILES string of the molecule is FC(F)(F)CC(F)(F)F.Nc1c(O)cc(O)cc1C(=O)O. The van der Waals surface area contributed by atoms with Crippen LogP contribution in [-0.4, -0.2) is 33.6 Å². The van der Waals surface area contributed by atoms with Crippen molar-refractivity contribution in [3.05, 3.63) is 17.7 Å². The zero-order chi connectivity index (χ0) is 17.0. The Kier molecular flexibility index (Phi) is 5.70. The van der Waals surface area contributed by atoms with E-state index >= 15 is 0 Å². The van der Waals surface area contributed by atoms with Crippen molar-refractivity contribution in [2.75, 3.05) is 5.73 Å². The van der Waals surface area contributed by atoms with Crippen molar-refractivity contribution in [2.24, 2.45) is 0 Å². The molecule has 0 spiro atoms. The average molecular weight is 321 g/mol. The molecule has 0 bridgehead atoms. The average Bonchev–Trinajstić information content (AvgIpc) is 2.18. The first-order valence-corrected chi connectivity index (χ1v) is 4.91. The molecule has 0 aromatic heterocycles. The second-order valence-corrected chi connectivity index (χ2v) is 3.64. The molecule has 1 aromatic carbocycles. The summed E-state index contributed by atoms with van der Waals surface area (Å²) in [5.74, 6) is -2.06. The van der Waals surface area contributed by atoms with Crippen LogP contribution in [0.3, 0.4) is 0 Å². The van der Waals surface area contributed by atoms with Gasteiger partial charge in [0.25, 0.3) is 0 Å². The summed E-state index contributed by atoms with van der Waals surface area (Å²) < 4.78 is 65.0. The second-order valence-electron chi connectivity index (χ2n) is 3.64. The lowest BCUT2D eigenvalue weighted by atomic mass is 10.1. The van der Waals surface area contributed by atoms with Crippen molar-refractivity contribution in [3.8, 4) is 11.5 Å². The Morgan fingerprint density at radius 3 is 1.76 bits per heavy atom. The lowest BCUT2D eigenvalue weighted by Crippen LogP contribution is -2.20. The first-order valence-electron chi connectivity index (χ1n) is 4.91. The van der Waals surface area contributed by atoms with Gasteiger partial charge in [0.1, 0.15) is 17.9 Å². The number of alkyl halides is 6. The molecule has 0 saturated carbocycles. The van der Waals surface area contributed by atoms with E-state index in [-0.39, 0.29) is 17.0 Å². The van der Waals surface area contributed by atoms with Crippen molar-refractivity contribution >= 4 is 11.7 Å². The Bertz CT molecular complexity index is 499. The number of hydrogen-bond acceptors (Lipinski definition) is 4. The van der Waals surface area contributed by atoms with Gasteiger partial charge in [-0.25, -0.2) is 4.79 Å². The molecule has 11 heteroatoms. The summed E-state index contributed by atoms with van der Waals surface area (Å²) in [5.41, 5.74) is 4.65. The second kappa shape index (κ2) is 6.41. The summed E-state index contributed by atoms with van der Waals surface area (Å²) >= 11 is 0. The Morgan fingerprint density at radius 1 is 1.05 bits per heavy atom. The predicted molar refractivity (Wildman–Crippen MR) is 57.9 cm³/mol. The lowest BCUT2D eigenvalue weighted by Gasteiger charge is -2.08. The van der Waals surface area contributed by atoms with E-state index in [0.29, 0.717) is 0 Å². The minimum Gasteiger partial charge on any atom is -0.508 e. The van der Waals surface area contributed by atoms with Crippen LogP contribution in [0, 0.1) is 0 Å². The van der Waals surface area contributed by atoms with E-state index in [9.17, 15) is 31.1 Å². The first-order chi connectivity index (χ1) is 9.23. The number of carboxylic acids is 1. The lowest BCUT2D eigenvalue weighted by molar-refractivity contribution is -0.232. The highest BCUT2D eigenvalue weighted by Gasteiger charge is 2.43. The number of benzene rings is 1. The smallest absolute Gasteiger partial charge is 0.397 e. The number of phenolic OH excluding ortho intramolecular Hbond substituents is 2. The van der Waals surface area contributed by atoms with Gasteiger partial charge in [-0.2, -0.15) is 26.3 Å². The number of nitrogens with two attached hydrogens (primary N) is 1. The van der Waals surface area contributed by atoms with Crippen LogP contribution in [0.2, 0.25) is 0 Å². The molecule has 0 aliphatic carbocycles. The van der Waals surface area contributed by atoms with Crippen molar-refractivity contribution in [2.45, 2.75) is 18.8 Å². The fourth-order valence-electron chi connectivity index (χ4n) is 1.03. The highest BCUT2D eigenvalue weighted by Crippen LogP contribution is 2.32. The van der Waals surface area contributed by atoms with Crippen LogP contribution in [0.25, 0.3) is 0 Å². The molecule has 0 aliphatic rings. The summed E-state index contributed by atoms with van der Waals surface area (Å²) in [6.45, 7) is 0. The molecule has 0 saturated heterocycles. The maximum absolute atomic E-state index is 10.8. The van der Waals surface area contributed by atoms with Crippen LogP contribution in [0.5, 0.6) is 11.5 Å². The molecule has 0 atom stereocenters. The molecule has 120 valence electrons. The van der Waals surface area contributed by atoms with Crippen molar-refractivity contribution in [1.29, 1.82) is 0 Å². The molecule has 0 heterocycles. The normalized spacial score (nSPS) is 11.5. The number of nitrogen functional groups attached to an aromatic ring is 1. The van der Waals surface area contributed by atoms with E-state index in [1.165, 1.54) is 0 Å². The van der Waals surface area contributed by atoms with Gasteiger partial charge in [0.15, 0.2) is 0 Å². The van der Waals surface area contributed by atoms with E-state index in [1.54, 1.807) is 0 Å². The molecule has 21 heavy (non-hydrogen) atoms. The summed E-state index contributed by atoms with van der Waals surface area (Å²) in [6, 6.07) is 1.94. The van der Waals surface area contributed by atoms with Gasteiger partial charge in [-0.3, -0.25) is 0 Å². The molecule has 0 unspecified atom stereocenters. The number of hydrogen-bond donors (Lipinski definition) is 4. The summed E-state index contributed by atoms with van der Waals surface area (Å²) in [6.07, 6.45) is -13.0. The van der Waals surface area contributed by atoms with Gasteiger partial charge in [0.05, 0.1) is 11.3 Å². The third-order valence-electron chi connectivity index (χ3n) is 1.77. The zero-order valence-electron chi connectivity index (χ0n) is 9.96. The van der Waals surface area contributed by atoms with Crippen LogP contribution < -0.4 is 5.73 Å². The molecule has 0 fully saturated rings. The number of carboxylic acid groups (broad SMARTS) is 1. The molecule has 0 radical (unpaired) electrons. The third-order valence-corrected chi connectivity index (χ3v) is 1.77. The number of aromatic hydroxyl groups is 2. The zero-order valence-corrected chi connectivity index (χ0v) is 9.96. The van der Waals surface area contributed by atoms with Crippen molar-refractivity contribution in [3.63, 3.8) is 0 Å². The Balaban J connectivity index is 0.000000400. The standard InChI is InChI=1S/C7H7NO4.C3H2F6/c8-6-4(7(11)12)1-3(9)2-5(6)10;4-2(5,6)1-3(7,8)9/h1-2,9-10H,8H2,(H,11,12);1H2. The quantitative estimate of drug-likeness (QED) is 0.276. The number of carbonyl (C=O) groups is 1. The molecule has 0 aliphatic heterocycles. The number of aromatic carboxylic acids is 1. The predicted octanol–water partition coefficient (Wildman–Crippen LogP) is 2.88. The molecular weight excluding hydrogens is 312 g/mol. The van der Waals surface area contributed by atoms with Crippen LogP contribution in [0.1, 0.15) is 16.8 Å². The highest BCUT2D eigenvalue weighted by atomic mass is 19.4. The maximum Gasteiger partial charge on any atom is 0.397 e. The first kappa shape index (κ1) is 18.7. The van der Waals surface area contributed by atoms with E-state index in [4.69, 9.17) is 21.1 Å². The van der Waals surface area contributed by atoms with Crippen molar-refractivity contribution in [1.82, 2.24) is 0 Å². The molecule has 5 N–H and O–H groups in total. The topological polar surface area (TPSA) is 104 Å². The van der Waals surface area contributed by atoms with Crippen LogP contribution in [-0.2, 0) is 0 Å². The summed E-state index contributed by atoms with van der Waals surface area (Å²) in [4.78, 5) is 10.4. The fourth-order valence-corrected chi connectivity index (χ4v) is 1.03. The van der Waals surface area contributed by atoms with Gasteiger partial charge in [0, 0.05) is 6.07 Å². The van der Waals surface area contributed by atoms with E-state index < -0.39 is 30.5 Å². The number of halogens is 6. The van der Waals surface area contributed by atoms with Crippen LogP contribution in [0.15, 0.2) is 12.1 Å². The third kappa shape index (κ3) is 7.74. The van der Waals surface area contributed by atoms with Gasteiger partial charge < -0.3 is 21.1 Å². The monoisotopic (exact) mass is 321 g/mol. The highest BCUT2D eigenvalue weighted by molar-refractivity contribution is 5.95. The van der Waals surface area contributed by atoms with Gasteiger partial charge >= 0.3 is 18.3 Å². The number of rotatable bonds is 1. The van der Waals surface area contributed by atoms with Gasteiger partial charge in [-0.15, -0.1) is 0 Å². The van der Waals surface area contributed by atoms with Crippen molar-refractivity contribution < 1.29 is 46.5 Å². The number of anilines is 1. The van der Waals surface area contributed by atoms with Gasteiger partial charge in [-0.1, -0.05) is 0 Å².